The molecule has 0 aliphatic carbocycles. The predicted octanol–water partition coefficient (Wildman–Crippen LogP) is 3.11. The number of nitrogens with one attached hydrogen (secondary N) is 1. The summed E-state index contributed by atoms with van der Waals surface area (Å²) in [6.07, 6.45) is 8.13. The Morgan fingerprint density at radius 1 is 1.27 bits per heavy atom. The Balaban J connectivity index is 2.18. The summed E-state index contributed by atoms with van der Waals surface area (Å²) in [6, 6.07) is 0. The summed E-state index contributed by atoms with van der Waals surface area (Å²) in [5.74, 6) is 0. The molecular formula is C13H27NO. The maximum absolute atomic E-state index is 6.14. The van der Waals surface area contributed by atoms with Gasteiger partial charge < -0.3 is 10.1 Å². The molecule has 0 aromatic heterocycles. The van der Waals surface area contributed by atoms with Gasteiger partial charge in [-0.25, -0.2) is 0 Å². The van der Waals surface area contributed by atoms with Gasteiger partial charge in [-0.05, 0) is 19.8 Å². The second-order valence-corrected chi connectivity index (χ2v) is 5.02. The number of unbranched alkanes of at least 4 members (excludes halogenated alkanes) is 3. The molecule has 2 atom stereocenters. The molecule has 0 aromatic rings. The van der Waals surface area contributed by atoms with Crippen molar-refractivity contribution in [3.63, 3.8) is 0 Å². The summed E-state index contributed by atoms with van der Waals surface area (Å²) in [7, 11) is 0. The minimum atomic E-state index is 0.0771. The van der Waals surface area contributed by atoms with Crippen LogP contribution in [-0.2, 0) is 4.74 Å². The van der Waals surface area contributed by atoms with Crippen LogP contribution < -0.4 is 5.32 Å². The molecule has 0 aromatic carbocycles. The lowest BCUT2D eigenvalue weighted by Crippen LogP contribution is -2.51. The summed E-state index contributed by atoms with van der Waals surface area (Å²) in [4.78, 5) is 0. The average Bonchev–Trinajstić information content (AvgIpc) is 2.25. The molecule has 2 heteroatoms. The number of hydrogen-bond donors (Lipinski definition) is 1. The molecular weight excluding hydrogens is 186 g/mol. The topological polar surface area (TPSA) is 21.3 Å². The van der Waals surface area contributed by atoms with Crippen LogP contribution in [0.15, 0.2) is 0 Å². The first kappa shape index (κ1) is 13.0. The van der Waals surface area contributed by atoms with E-state index in [0.29, 0.717) is 6.10 Å². The molecule has 90 valence electrons. The van der Waals surface area contributed by atoms with Crippen molar-refractivity contribution in [1.29, 1.82) is 0 Å². The smallest absolute Gasteiger partial charge is 0.0780 e. The Hall–Kier alpha value is -0.0800. The molecule has 1 aliphatic heterocycles. The lowest BCUT2D eigenvalue weighted by Gasteiger charge is -2.39. The minimum Gasteiger partial charge on any atom is -0.369 e. The molecule has 1 heterocycles. The average molecular weight is 213 g/mol. The van der Waals surface area contributed by atoms with Gasteiger partial charge in [0.1, 0.15) is 0 Å². The van der Waals surface area contributed by atoms with Crippen LogP contribution in [0.1, 0.15) is 59.3 Å². The maximum atomic E-state index is 6.14. The lowest BCUT2D eigenvalue weighted by molar-refractivity contribution is -0.109. The number of morpholine rings is 1. The fraction of sp³-hybridized carbons (Fsp3) is 1.00. The van der Waals surface area contributed by atoms with Crippen molar-refractivity contribution in [1.82, 2.24) is 5.32 Å². The van der Waals surface area contributed by atoms with Gasteiger partial charge in [0.25, 0.3) is 0 Å². The molecule has 1 rings (SSSR count). The van der Waals surface area contributed by atoms with E-state index in [9.17, 15) is 0 Å². The highest BCUT2D eigenvalue weighted by Crippen LogP contribution is 2.22. The summed E-state index contributed by atoms with van der Waals surface area (Å²) >= 11 is 0. The van der Waals surface area contributed by atoms with Crippen molar-refractivity contribution in [2.24, 2.45) is 0 Å². The first-order valence-corrected chi connectivity index (χ1v) is 6.58. The van der Waals surface area contributed by atoms with Gasteiger partial charge in [0.05, 0.1) is 11.7 Å². The molecule has 0 amide bonds. The summed E-state index contributed by atoms with van der Waals surface area (Å²) < 4.78 is 6.14. The normalized spacial score (nSPS) is 31.8. The molecule has 2 nitrogen and oxygen atoms in total. The summed E-state index contributed by atoms with van der Waals surface area (Å²) in [5, 5.41) is 3.49. The van der Waals surface area contributed by atoms with E-state index in [1.165, 1.54) is 32.1 Å². The van der Waals surface area contributed by atoms with Gasteiger partial charge in [0.2, 0.25) is 0 Å². The predicted molar refractivity (Wildman–Crippen MR) is 65.2 cm³/mol. The molecule has 0 saturated carbocycles. The van der Waals surface area contributed by atoms with Gasteiger partial charge in [-0.15, -0.1) is 0 Å². The lowest BCUT2D eigenvalue weighted by atomic mass is 9.99. The quantitative estimate of drug-likeness (QED) is 0.685. The van der Waals surface area contributed by atoms with Crippen molar-refractivity contribution in [3.8, 4) is 0 Å². The second-order valence-electron chi connectivity index (χ2n) is 5.02. The fourth-order valence-corrected chi connectivity index (χ4v) is 2.15. The van der Waals surface area contributed by atoms with Crippen molar-refractivity contribution in [2.45, 2.75) is 71.0 Å². The van der Waals surface area contributed by atoms with E-state index in [4.69, 9.17) is 4.74 Å². The Bertz CT molecular complexity index is 172. The van der Waals surface area contributed by atoms with Crippen LogP contribution in [-0.4, -0.2) is 24.8 Å². The zero-order chi connectivity index (χ0) is 11.1. The standard InChI is InChI=1S/C13H27NO/c1-4-6-7-8-9-12-10-14-11-13(3,5-2)15-12/h12,14H,4-11H2,1-3H3. The maximum Gasteiger partial charge on any atom is 0.0780 e. The number of rotatable bonds is 6. The first-order chi connectivity index (χ1) is 7.20. The van der Waals surface area contributed by atoms with Crippen LogP contribution in [0, 0.1) is 0 Å². The van der Waals surface area contributed by atoms with E-state index in [-0.39, 0.29) is 5.60 Å². The highest BCUT2D eigenvalue weighted by molar-refractivity contribution is 4.84. The van der Waals surface area contributed by atoms with Crippen LogP contribution in [0.2, 0.25) is 0 Å². The Labute approximate surface area is 94.8 Å². The Morgan fingerprint density at radius 3 is 2.73 bits per heavy atom. The third-order valence-corrected chi connectivity index (χ3v) is 3.45. The summed E-state index contributed by atoms with van der Waals surface area (Å²) in [5.41, 5.74) is 0.0771. The Morgan fingerprint density at radius 2 is 2.07 bits per heavy atom. The van der Waals surface area contributed by atoms with Crippen molar-refractivity contribution in [3.05, 3.63) is 0 Å². The molecule has 1 fully saturated rings. The van der Waals surface area contributed by atoms with Crippen molar-refractivity contribution >= 4 is 0 Å². The van der Waals surface area contributed by atoms with Gasteiger partial charge in [-0.3, -0.25) is 0 Å². The third kappa shape index (κ3) is 4.52. The first-order valence-electron chi connectivity index (χ1n) is 6.58. The van der Waals surface area contributed by atoms with E-state index >= 15 is 0 Å². The minimum absolute atomic E-state index is 0.0771. The van der Waals surface area contributed by atoms with Crippen molar-refractivity contribution < 1.29 is 4.74 Å². The molecule has 0 spiro atoms. The van der Waals surface area contributed by atoms with Crippen LogP contribution in [0.4, 0.5) is 0 Å². The largest absolute Gasteiger partial charge is 0.369 e. The van der Waals surface area contributed by atoms with Crippen LogP contribution in [0.25, 0.3) is 0 Å². The number of hydrogen-bond acceptors (Lipinski definition) is 2. The Kier molecular flexibility index (Phi) is 5.62. The molecule has 0 bridgehead atoms. The van der Waals surface area contributed by atoms with E-state index in [0.717, 1.165) is 19.5 Å². The van der Waals surface area contributed by atoms with E-state index in [1.54, 1.807) is 0 Å². The molecule has 0 radical (unpaired) electrons. The monoisotopic (exact) mass is 213 g/mol. The van der Waals surface area contributed by atoms with E-state index < -0.39 is 0 Å². The number of ether oxygens (including phenoxy) is 1. The third-order valence-electron chi connectivity index (χ3n) is 3.45. The molecule has 15 heavy (non-hydrogen) atoms. The zero-order valence-electron chi connectivity index (χ0n) is 10.6. The second kappa shape index (κ2) is 6.49. The van der Waals surface area contributed by atoms with E-state index in [1.807, 2.05) is 0 Å². The highest BCUT2D eigenvalue weighted by atomic mass is 16.5. The van der Waals surface area contributed by atoms with Gasteiger partial charge in [-0.1, -0.05) is 39.5 Å². The molecule has 1 N–H and O–H groups in total. The SMILES string of the molecule is CCCCCCC1CNCC(C)(CC)O1. The molecule has 1 aliphatic rings. The van der Waals surface area contributed by atoms with E-state index in [2.05, 4.69) is 26.1 Å². The van der Waals surface area contributed by atoms with Crippen LogP contribution >= 0.6 is 0 Å². The van der Waals surface area contributed by atoms with Crippen LogP contribution in [0.5, 0.6) is 0 Å². The van der Waals surface area contributed by atoms with Gasteiger partial charge in [0, 0.05) is 13.1 Å². The summed E-state index contributed by atoms with van der Waals surface area (Å²) in [6.45, 7) is 8.74. The molecule has 2 unspecified atom stereocenters. The molecule has 1 saturated heterocycles. The van der Waals surface area contributed by atoms with Crippen molar-refractivity contribution in [2.75, 3.05) is 13.1 Å². The zero-order valence-corrected chi connectivity index (χ0v) is 10.6. The van der Waals surface area contributed by atoms with Gasteiger partial charge in [0.15, 0.2) is 0 Å². The van der Waals surface area contributed by atoms with Crippen LogP contribution in [0.3, 0.4) is 0 Å². The highest BCUT2D eigenvalue weighted by Gasteiger charge is 2.30. The fourth-order valence-electron chi connectivity index (χ4n) is 2.15. The van der Waals surface area contributed by atoms with Gasteiger partial charge >= 0.3 is 0 Å². The van der Waals surface area contributed by atoms with Gasteiger partial charge in [-0.2, -0.15) is 0 Å².